The molecule has 2 atom stereocenters. The molecule has 0 radical (unpaired) electrons. The molecule has 2 unspecified atom stereocenters. The van der Waals surface area contributed by atoms with Crippen LogP contribution in [0.5, 0.6) is 0 Å². The van der Waals surface area contributed by atoms with Crippen molar-refractivity contribution in [2.45, 2.75) is 51.7 Å². The van der Waals surface area contributed by atoms with E-state index in [1.807, 2.05) is 13.8 Å². The van der Waals surface area contributed by atoms with Crippen LogP contribution in [0.25, 0.3) is 0 Å². The number of rotatable bonds is 11. The van der Waals surface area contributed by atoms with Crippen molar-refractivity contribution in [3.63, 3.8) is 0 Å². The first-order chi connectivity index (χ1) is 8.41. The minimum Gasteiger partial charge on any atom is -0.392 e. The molecule has 4 heteroatoms. The molecule has 0 aliphatic rings. The van der Waals surface area contributed by atoms with Gasteiger partial charge in [0.25, 0.3) is 0 Å². The van der Waals surface area contributed by atoms with Crippen molar-refractivity contribution in [2.24, 2.45) is 0 Å². The lowest BCUT2D eigenvalue weighted by Gasteiger charge is -2.19. The molecular formula is C14H32N2O2. The third kappa shape index (κ3) is 12.3. The number of aliphatic hydroxyl groups is 2. The molecule has 4 nitrogen and oxygen atoms in total. The van der Waals surface area contributed by atoms with Gasteiger partial charge in [-0.1, -0.05) is 12.8 Å². The molecule has 0 heterocycles. The van der Waals surface area contributed by atoms with E-state index in [-0.39, 0.29) is 12.2 Å². The van der Waals surface area contributed by atoms with Crippen molar-refractivity contribution in [3.8, 4) is 0 Å². The lowest BCUT2D eigenvalue weighted by molar-refractivity contribution is 0.138. The molecule has 0 rings (SSSR count). The molecule has 0 aliphatic heterocycles. The third-order valence-electron chi connectivity index (χ3n) is 2.98. The number of aliphatic hydroxyl groups excluding tert-OH is 2. The van der Waals surface area contributed by atoms with Gasteiger partial charge < -0.3 is 20.0 Å². The summed E-state index contributed by atoms with van der Waals surface area (Å²) in [5.74, 6) is 0. The van der Waals surface area contributed by atoms with E-state index in [1.54, 1.807) is 0 Å². The molecule has 0 aliphatic carbocycles. The molecule has 0 aromatic heterocycles. The lowest BCUT2D eigenvalue weighted by atomic mass is 10.2. The van der Waals surface area contributed by atoms with Gasteiger partial charge in [0.15, 0.2) is 0 Å². The minimum atomic E-state index is -0.232. The van der Waals surface area contributed by atoms with Crippen molar-refractivity contribution in [1.29, 1.82) is 0 Å². The van der Waals surface area contributed by atoms with Gasteiger partial charge in [-0.05, 0) is 53.9 Å². The highest BCUT2D eigenvalue weighted by atomic mass is 16.3. The summed E-state index contributed by atoms with van der Waals surface area (Å²) in [6, 6.07) is 0. The fraction of sp³-hybridized carbons (Fsp3) is 1.00. The molecule has 0 aromatic carbocycles. The number of hydrogen-bond donors (Lipinski definition) is 2. The number of hydrogen-bond acceptors (Lipinski definition) is 4. The van der Waals surface area contributed by atoms with E-state index in [0.717, 1.165) is 26.2 Å². The van der Waals surface area contributed by atoms with Crippen LogP contribution >= 0.6 is 0 Å². The third-order valence-corrected chi connectivity index (χ3v) is 2.98. The molecule has 18 heavy (non-hydrogen) atoms. The average molecular weight is 260 g/mol. The molecule has 0 saturated carbocycles. The second kappa shape index (κ2) is 10.7. The summed E-state index contributed by atoms with van der Waals surface area (Å²) in [4.78, 5) is 4.37. The highest BCUT2D eigenvalue weighted by Gasteiger charge is 2.03. The van der Waals surface area contributed by atoms with Gasteiger partial charge in [0.1, 0.15) is 0 Å². The van der Waals surface area contributed by atoms with Crippen LogP contribution in [0.2, 0.25) is 0 Å². The fourth-order valence-corrected chi connectivity index (χ4v) is 2.20. The van der Waals surface area contributed by atoms with Crippen LogP contribution in [0.15, 0.2) is 0 Å². The van der Waals surface area contributed by atoms with E-state index >= 15 is 0 Å². The predicted molar refractivity (Wildman–Crippen MR) is 76.8 cm³/mol. The molecule has 0 fully saturated rings. The van der Waals surface area contributed by atoms with E-state index in [1.165, 1.54) is 25.7 Å². The number of nitrogens with zero attached hydrogens (tertiary/aromatic N) is 2. The largest absolute Gasteiger partial charge is 0.392 e. The summed E-state index contributed by atoms with van der Waals surface area (Å²) < 4.78 is 0. The van der Waals surface area contributed by atoms with E-state index in [4.69, 9.17) is 0 Å². The maximum atomic E-state index is 9.23. The second-order valence-electron chi connectivity index (χ2n) is 5.64. The van der Waals surface area contributed by atoms with Gasteiger partial charge in [0.05, 0.1) is 12.2 Å². The van der Waals surface area contributed by atoms with Gasteiger partial charge in [0, 0.05) is 13.1 Å². The summed E-state index contributed by atoms with van der Waals surface area (Å²) in [6.07, 6.45) is 4.42. The van der Waals surface area contributed by atoms with E-state index < -0.39 is 0 Å². The summed E-state index contributed by atoms with van der Waals surface area (Å²) in [7, 11) is 4.12. The first-order valence-corrected chi connectivity index (χ1v) is 7.15. The molecule has 0 saturated heterocycles. The zero-order valence-corrected chi connectivity index (χ0v) is 12.6. The van der Waals surface area contributed by atoms with Crippen molar-refractivity contribution in [3.05, 3.63) is 0 Å². The van der Waals surface area contributed by atoms with E-state index in [2.05, 4.69) is 23.9 Å². The van der Waals surface area contributed by atoms with Crippen molar-refractivity contribution < 1.29 is 10.2 Å². The maximum Gasteiger partial charge on any atom is 0.0638 e. The zero-order valence-electron chi connectivity index (χ0n) is 12.6. The zero-order chi connectivity index (χ0) is 14.0. The highest BCUT2D eigenvalue weighted by Crippen LogP contribution is 2.03. The Morgan fingerprint density at radius 1 is 0.722 bits per heavy atom. The van der Waals surface area contributed by atoms with Crippen LogP contribution in [-0.2, 0) is 0 Å². The normalized spacial score (nSPS) is 15.3. The lowest BCUT2D eigenvalue weighted by Crippen LogP contribution is -2.28. The Balaban J connectivity index is 3.30. The van der Waals surface area contributed by atoms with Crippen LogP contribution in [0, 0.1) is 0 Å². The Morgan fingerprint density at radius 2 is 1.06 bits per heavy atom. The molecule has 110 valence electrons. The molecule has 0 aromatic rings. The second-order valence-corrected chi connectivity index (χ2v) is 5.64. The molecule has 2 N–H and O–H groups in total. The van der Waals surface area contributed by atoms with Crippen molar-refractivity contribution in [2.75, 3.05) is 40.3 Å². The minimum absolute atomic E-state index is 0.232. The first kappa shape index (κ1) is 17.8. The summed E-state index contributed by atoms with van der Waals surface area (Å²) in [6.45, 7) is 7.31. The van der Waals surface area contributed by atoms with Gasteiger partial charge in [0.2, 0.25) is 0 Å². The monoisotopic (exact) mass is 260 g/mol. The van der Waals surface area contributed by atoms with Gasteiger partial charge in [-0.25, -0.2) is 0 Å². The summed E-state index contributed by atoms with van der Waals surface area (Å²) in [5, 5.41) is 18.5. The number of unbranched alkanes of at least 4 members (excludes halogenated alkanes) is 3. The van der Waals surface area contributed by atoms with Crippen molar-refractivity contribution in [1.82, 2.24) is 9.80 Å². The van der Waals surface area contributed by atoms with Gasteiger partial charge in [-0.3, -0.25) is 0 Å². The Labute approximate surface area is 113 Å². The van der Waals surface area contributed by atoms with Gasteiger partial charge >= 0.3 is 0 Å². The van der Waals surface area contributed by atoms with E-state index in [9.17, 15) is 10.2 Å². The first-order valence-electron chi connectivity index (χ1n) is 7.15. The van der Waals surface area contributed by atoms with E-state index in [0.29, 0.717) is 0 Å². The predicted octanol–water partition coefficient (Wildman–Crippen LogP) is 1.17. The average Bonchev–Trinajstić information content (AvgIpc) is 2.20. The summed E-state index contributed by atoms with van der Waals surface area (Å²) >= 11 is 0. The quantitative estimate of drug-likeness (QED) is 0.548. The van der Waals surface area contributed by atoms with Crippen LogP contribution in [-0.4, -0.2) is 72.5 Å². The number of likely N-dealkylation sites (N-methyl/N-ethyl adjacent to an activating group) is 2. The van der Waals surface area contributed by atoms with Crippen molar-refractivity contribution >= 4 is 0 Å². The van der Waals surface area contributed by atoms with Gasteiger partial charge in [-0.15, -0.1) is 0 Å². The smallest absolute Gasteiger partial charge is 0.0638 e. The molecular weight excluding hydrogens is 228 g/mol. The van der Waals surface area contributed by atoms with Crippen LogP contribution in [0.3, 0.4) is 0 Å². The SMILES string of the molecule is CC(O)CN(C)CCCCCCN(C)CC(C)O. The highest BCUT2D eigenvalue weighted by molar-refractivity contribution is 4.58. The topological polar surface area (TPSA) is 46.9 Å². The van der Waals surface area contributed by atoms with Crippen LogP contribution < -0.4 is 0 Å². The van der Waals surface area contributed by atoms with Gasteiger partial charge in [-0.2, -0.15) is 0 Å². The van der Waals surface area contributed by atoms with Crippen LogP contribution in [0.4, 0.5) is 0 Å². The fourth-order valence-electron chi connectivity index (χ4n) is 2.20. The molecule has 0 bridgehead atoms. The standard InChI is InChI=1S/C14H32N2O2/c1-13(17)11-15(3)9-7-5-6-8-10-16(4)12-14(2)18/h13-14,17-18H,5-12H2,1-4H3. The maximum absolute atomic E-state index is 9.23. The molecule has 0 amide bonds. The summed E-state index contributed by atoms with van der Waals surface area (Å²) in [5.41, 5.74) is 0. The molecule has 0 spiro atoms. The Bertz CT molecular complexity index is 167. The Kier molecular flexibility index (Phi) is 10.6. The Morgan fingerprint density at radius 3 is 1.33 bits per heavy atom. The van der Waals surface area contributed by atoms with Crippen LogP contribution in [0.1, 0.15) is 39.5 Å². The Hall–Kier alpha value is -0.160.